The smallest absolute Gasteiger partial charge is 0.318 e. The van der Waals surface area contributed by atoms with Gasteiger partial charge in [-0.15, -0.1) is 0 Å². The van der Waals surface area contributed by atoms with Crippen molar-refractivity contribution in [1.29, 1.82) is 0 Å². The van der Waals surface area contributed by atoms with Crippen LogP contribution in [0.25, 0.3) is 0 Å². The summed E-state index contributed by atoms with van der Waals surface area (Å²) in [5.41, 5.74) is 3.57. The number of hydrogen-bond donors (Lipinski definition) is 2. The summed E-state index contributed by atoms with van der Waals surface area (Å²) in [4.78, 5) is 27.5. The van der Waals surface area contributed by atoms with E-state index in [1.165, 1.54) is 0 Å². The first-order chi connectivity index (χ1) is 14.8. The van der Waals surface area contributed by atoms with E-state index in [9.17, 15) is 9.59 Å². The molecule has 166 valence electrons. The summed E-state index contributed by atoms with van der Waals surface area (Å²) in [5.74, 6) is 1.10. The minimum Gasteiger partial charge on any atom is -0.493 e. The zero-order chi connectivity index (χ0) is 22.5. The zero-order valence-electron chi connectivity index (χ0n) is 18.8. The van der Waals surface area contributed by atoms with E-state index < -0.39 is 0 Å². The van der Waals surface area contributed by atoms with E-state index in [1.807, 2.05) is 51.1 Å². The third kappa shape index (κ3) is 4.93. The largest absolute Gasteiger partial charge is 0.493 e. The highest BCUT2D eigenvalue weighted by Crippen LogP contribution is 2.38. The molecule has 7 nitrogen and oxygen atoms in total. The first kappa shape index (κ1) is 22.5. The molecule has 0 radical (unpaired) electrons. The average Bonchev–Trinajstić information content (AvgIpc) is 2.75. The standard InChI is InChI=1S/C24H31N3O4/c1-15(2)26-24(29)27-11-10-17-12-21(30-4)22(31-5)13-19(17)20(27)14-25-23(28)18-9-7-6-8-16(18)3/h6-9,12-13,15,20H,10-11,14H2,1-5H3,(H,25,28)(H,26,29)/t20-/m0/s1. The van der Waals surface area contributed by atoms with Gasteiger partial charge in [-0.05, 0) is 62.1 Å². The third-order valence-electron chi connectivity index (χ3n) is 5.52. The van der Waals surface area contributed by atoms with Gasteiger partial charge in [-0.3, -0.25) is 4.79 Å². The van der Waals surface area contributed by atoms with Crippen LogP contribution < -0.4 is 20.1 Å². The lowest BCUT2D eigenvalue weighted by Crippen LogP contribution is -2.50. The number of nitrogens with one attached hydrogen (secondary N) is 2. The minimum atomic E-state index is -0.324. The van der Waals surface area contributed by atoms with Crippen LogP contribution in [0.4, 0.5) is 4.79 Å². The van der Waals surface area contributed by atoms with E-state index in [2.05, 4.69) is 10.6 Å². The Kier molecular flexibility index (Phi) is 7.05. The summed E-state index contributed by atoms with van der Waals surface area (Å²) in [6.45, 7) is 6.61. The number of aryl methyl sites for hydroxylation is 1. The summed E-state index contributed by atoms with van der Waals surface area (Å²) in [6, 6.07) is 10.9. The van der Waals surface area contributed by atoms with Crippen molar-refractivity contribution < 1.29 is 19.1 Å². The summed E-state index contributed by atoms with van der Waals surface area (Å²) in [5, 5.41) is 5.99. The Hall–Kier alpha value is -3.22. The maximum absolute atomic E-state index is 12.9. The van der Waals surface area contributed by atoms with Crippen LogP contribution in [0.1, 0.15) is 46.9 Å². The lowest BCUT2D eigenvalue weighted by molar-refractivity contribution is 0.0933. The highest BCUT2D eigenvalue weighted by atomic mass is 16.5. The quantitative estimate of drug-likeness (QED) is 0.743. The van der Waals surface area contributed by atoms with Crippen LogP contribution in [0.5, 0.6) is 11.5 Å². The number of carbonyl (C=O) groups excluding carboxylic acids is 2. The number of hydrogen-bond acceptors (Lipinski definition) is 4. The van der Waals surface area contributed by atoms with Gasteiger partial charge in [0.2, 0.25) is 0 Å². The molecule has 0 aliphatic carbocycles. The molecule has 0 aromatic heterocycles. The molecule has 1 heterocycles. The van der Waals surface area contributed by atoms with Crippen LogP contribution in [0.15, 0.2) is 36.4 Å². The summed E-state index contributed by atoms with van der Waals surface area (Å²) in [6.07, 6.45) is 0.698. The number of rotatable bonds is 6. The fourth-order valence-corrected chi connectivity index (χ4v) is 3.93. The Morgan fingerprint density at radius 1 is 1.13 bits per heavy atom. The molecular weight excluding hydrogens is 394 g/mol. The maximum atomic E-state index is 12.9. The topological polar surface area (TPSA) is 79.9 Å². The van der Waals surface area contributed by atoms with Crippen molar-refractivity contribution in [3.63, 3.8) is 0 Å². The molecule has 0 unspecified atom stereocenters. The fourth-order valence-electron chi connectivity index (χ4n) is 3.93. The Morgan fingerprint density at radius 3 is 2.45 bits per heavy atom. The monoisotopic (exact) mass is 425 g/mol. The number of fused-ring (bicyclic) bond motifs is 1. The number of carbonyl (C=O) groups is 2. The van der Waals surface area contributed by atoms with Gasteiger partial charge in [0.15, 0.2) is 11.5 Å². The molecule has 2 N–H and O–H groups in total. The van der Waals surface area contributed by atoms with Gasteiger partial charge < -0.3 is 25.0 Å². The molecule has 0 fully saturated rings. The lowest BCUT2D eigenvalue weighted by atomic mass is 9.91. The number of ether oxygens (including phenoxy) is 2. The molecule has 2 aromatic rings. The molecule has 7 heteroatoms. The van der Waals surface area contributed by atoms with E-state index in [4.69, 9.17) is 9.47 Å². The van der Waals surface area contributed by atoms with Gasteiger partial charge in [0.25, 0.3) is 5.91 Å². The molecule has 0 saturated heterocycles. The fraction of sp³-hybridized carbons (Fsp3) is 0.417. The van der Waals surface area contributed by atoms with Gasteiger partial charge in [-0.2, -0.15) is 0 Å². The van der Waals surface area contributed by atoms with Crippen LogP contribution >= 0.6 is 0 Å². The van der Waals surface area contributed by atoms with Crippen molar-refractivity contribution in [2.45, 2.75) is 39.3 Å². The normalized spacial score (nSPS) is 15.3. The first-order valence-corrected chi connectivity index (χ1v) is 10.5. The van der Waals surface area contributed by atoms with Crippen molar-refractivity contribution in [2.24, 2.45) is 0 Å². The SMILES string of the molecule is COc1cc2c(cc1OC)[C@H](CNC(=O)c1ccccc1C)N(C(=O)NC(C)C)CC2. The Bertz CT molecular complexity index is 958. The van der Waals surface area contributed by atoms with Crippen molar-refractivity contribution >= 4 is 11.9 Å². The molecular formula is C24H31N3O4. The van der Waals surface area contributed by atoms with Gasteiger partial charge in [0.05, 0.1) is 20.3 Å². The Balaban J connectivity index is 1.92. The first-order valence-electron chi connectivity index (χ1n) is 10.5. The van der Waals surface area contributed by atoms with Crippen molar-refractivity contribution in [3.05, 3.63) is 58.7 Å². The van der Waals surface area contributed by atoms with Gasteiger partial charge >= 0.3 is 6.03 Å². The second-order valence-electron chi connectivity index (χ2n) is 7.99. The Labute approximate surface area is 183 Å². The zero-order valence-corrected chi connectivity index (χ0v) is 18.8. The molecule has 3 rings (SSSR count). The molecule has 1 atom stereocenters. The summed E-state index contributed by atoms with van der Waals surface area (Å²) < 4.78 is 10.9. The average molecular weight is 426 g/mol. The van der Waals surface area contributed by atoms with Gasteiger partial charge in [-0.1, -0.05) is 18.2 Å². The summed E-state index contributed by atoms with van der Waals surface area (Å²) in [7, 11) is 3.20. The van der Waals surface area contributed by atoms with Gasteiger partial charge in [0, 0.05) is 24.7 Å². The molecule has 3 amide bonds. The van der Waals surface area contributed by atoms with Crippen LogP contribution in [0, 0.1) is 6.92 Å². The molecule has 1 aliphatic heterocycles. The van der Waals surface area contributed by atoms with E-state index in [0.29, 0.717) is 36.6 Å². The number of urea groups is 1. The lowest BCUT2D eigenvalue weighted by Gasteiger charge is -2.38. The number of methoxy groups -OCH3 is 2. The molecule has 0 bridgehead atoms. The molecule has 0 spiro atoms. The van der Waals surface area contributed by atoms with Crippen molar-refractivity contribution in [3.8, 4) is 11.5 Å². The number of nitrogens with zero attached hydrogens (tertiary/aromatic N) is 1. The van der Waals surface area contributed by atoms with Crippen LogP contribution in [0.3, 0.4) is 0 Å². The predicted molar refractivity (Wildman–Crippen MR) is 120 cm³/mol. The second kappa shape index (κ2) is 9.73. The Morgan fingerprint density at radius 2 is 1.81 bits per heavy atom. The molecule has 0 saturated carbocycles. The highest BCUT2D eigenvalue weighted by Gasteiger charge is 2.33. The van der Waals surface area contributed by atoms with Crippen molar-refractivity contribution in [2.75, 3.05) is 27.3 Å². The van der Waals surface area contributed by atoms with E-state index in [1.54, 1.807) is 25.2 Å². The third-order valence-corrected chi connectivity index (χ3v) is 5.52. The van der Waals surface area contributed by atoms with Crippen LogP contribution in [0.2, 0.25) is 0 Å². The molecule has 1 aliphatic rings. The highest BCUT2D eigenvalue weighted by molar-refractivity contribution is 5.95. The van der Waals surface area contributed by atoms with Crippen LogP contribution in [-0.4, -0.2) is 50.2 Å². The summed E-state index contributed by atoms with van der Waals surface area (Å²) >= 11 is 0. The number of amides is 3. The maximum Gasteiger partial charge on any atom is 0.318 e. The number of benzene rings is 2. The predicted octanol–water partition coefficient (Wildman–Crippen LogP) is 3.46. The minimum absolute atomic E-state index is 0.0153. The van der Waals surface area contributed by atoms with Crippen LogP contribution in [-0.2, 0) is 6.42 Å². The van der Waals surface area contributed by atoms with Crippen molar-refractivity contribution in [1.82, 2.24) is 15.5 Å². The van der Waals surface area contributed by atoms with E-state index in [-0.39, 0.29) is 24.0 Å². The van der Waals surface area contributed by atoms with Gasteiger partial charge in [-0.25, -0.2) is 4.79 Å². The van der Waals surface area contributed by atoms with E-state index in [0.717, 1.165) is 16.7 Å². The second-order valence-corrected chi connectivity index (χ2v) is 7.99. The molecule has 31 heavy (non-hydrogen) atoms. The van der Waals surface area contributed by atoms with E-state index >= 15 is 0 Å². The van der Waals surface area contributed by atoms with Gasteiger partial charge in [0.1, 0.15) is 0 Å². The molecule has 2 aromatic carbocycles.